The Morgan fingerprint density at radius 3 is 2.73 bits per heavy atom. The van der Waals surface area contributed by atoms with Gasteiger partial charge in [0, 0.05) is 30.2 Å². The number of fused-ring (bicyclic) bond motifs is 2. The fraction of sp³-hybridized carbons (Fsp3) is 0.217. The fourth-order valence-corrected chi connectivity index (χ4v) is 3.73. The minimum Gasteiger partial charge on any atom is -0.454 e. The molecule has 0 atom stereocenters. The lowest BCUT2D eigenvalue weighted by molar-refractivity contribution is 0.0722. The van der Waals surface area contributed by atoms with Crippen LogP contribution in [0.5, 0.6) is 11.5 Å². The Labute approximate surface area is 173 Å². The first-order valence-corrected chi connectivity index (χ1v) is 9.82. The molecule has 0 fully saturated rings. The Hall–Kier alpha value is -3.74. The van der Waals surface area contributed by atoms with Crippen molar-refractivity contribution in [1.29, 1.82) is 0 Å². The molecule has 2 aromatic carbocycles. The first kappa shape index (κ1) is 18.3. The van der Waals surface area contributed by atoms with Gasteiger partial charge in [0.05, 0.1) is 12.2 Å². The van der Waals surface area contributed by atoms with Crippen molar-refractivity contribution >= 4 is 16.8 Å². The Morgan fingerprint density at radius 1 is 1.10 bits per heavy atom. The average Bonchev–Trinajstić information content (AvgIpc) is 3.45. The van der Waals surface area contributed by atoms with E-state index in [2.05, 4.69) is 10.1 Å². The van der Waals surface area contributed by atoms with E-state index in [4.69, 9.17) is 9.47 Å². The van der Waals surface area contributed by atoms with Crippen molar-refractivity contribution in [3.05, 3.63) is 77.2 Å². The molecule has 1 N–H and O–H groups in total. The second-order valence-electron chi connectivity index (χ2n) is 7.52. The van der Waals surface area contributed by atoms with Crippen LogP contribution in [0.4, 0.5) is 0 Å². The summed E-state index contributed by atoms with van der Waals surface area (Å²) in [6, 6.07) is 17.6. The van der Waals surface area contributed by atoms with Crippen LogP contribution in [0.1, 0.15) is 27.4 Å². The van der Waals surface area contributed by atoms with Crippen molar-refractivity contribution < 1.29 is 14.3 Å². The van der Waals surface area contributed by atoms with Crippen molar-refractivity contribution in [1.82, 2.24) is 19.7 Å². The van der Waals surface area contributed by atoms with Crippen LogP contribution in [0.2, 0.25) is 0 Å². The molecule has 0 unspecified atom stereocenters. The van der Waals surface area contributed by atoms with Crippen LogP contribution in [0.3, 0.4) is 0 Å². The van der Waals surface area contributed by atoms with Gasteiger partial charge in [-0.2, -0.15) is 5.10 Å². The average molecular weight is 402 g/mol. The Bertz CT molecular complexity index is 1190. The smallest absolute Gasteiger partial charge is 0.270 e. The molecule has 4 aromatic rings. The van der Waals surface area contributed by atoms with Gasteiger partial charge in [-0.25, -0.2) is 0 Å². The molecule has 0 saturated heterocycles. The zero-order chi connectivity index (χ0) is 20.7. The monoisotopic (exact) mass is 402 g/mol. The molecule has 1 amide bonds. The molecular weight excluding hydrogens is 380 g/mol. The van der Waals surface area contributed by atoms with E-state index in [1.54, 1.807) is 4.90 Å². The first-order chi connectivity index (χ1) is 14.6. The molecule has 0 radical (unpaired) electrons. The molecule has 3 heterocycles. The third-order valence-electron chi connectivity index (χ3n) is 5.38. The number of rotatable bonds is 5. The van der Waals surface area contributed by atoms with Crippen molar-refractivity contribution in [2.45, 2.75) is 20.0 Å². The summed E-state index contributed by atoms with van der Waals surface area (Å²) in [4.78, 5) is 18.5. The molecule has 152 valence electrons. The zero-order valence-corrected chi connectivity index (χ0v) is 16.9. The van der Waals surface area contributed by atoms with Gasteiger partial charge >= 0.3 is 0 Å². The number of hydrogen-bond acceptors (Lipinski definition) is 4. The first-order valence-electron chi connectivity index (χ1n) is 9.82. The fourth-order valence-electron chi connectivity index (χ4n) is 3.73. The van der Waals surface area contributed by atoms with E-state index < -0.39 is 0 Å². The summed E-state index contributed by atoms with van der Waals surface area (Å²) < 4.78 is 12.7. The number of ether oxygens (including phenoxy) is 2. The standard InChI is InChI=1S/C23H22N4O3/c1-15-9-18(25-26(15)2)13-27(12-16-7-8-21-22(10-16)30-14-29-21)23(28)20-11-17-5-3-4-6-19(17)24-20/h3-11,24H,12-14H2,1-2H3. The highest BCUT2D eigenvalue weighted by Crippen LogP contribution is 2.33. The van der Waals surface area contributed by atoms with E-state index in [-0.39, 0.29) is 12.7 Å². The number of hydrogen-bond donors (Lipinski definition) is 1. The predicted molar refractivity (Wildman–Crippen MR) is 112 cm³/mol. The van der Waals surface area contributed by atoms with Crippen molar-refractivity contribution in [2.24, 2.45) is 7.05 Å². The van der Waals surface area contributed by atoms with Crippen LogP contribution in [-0.4, -0.2) is 32.4 Å². The molecule has 0 saturated carbocycles. The molecule has 0 spiro atoms. The Balaban J connectivity index is 1.47. The maximum absolute atomic E-state index is 13.5. The highest BCUT2D eigenvalue weighted by atomic mass is 16.7. The largest absolute Gasteiger partial charge is 0.454 e. The molecule has 1 aliphatic heterocycles. The molecule has 7 nitrogen and oxygen atoms in total. The summed E-state index contributed by atoms with van der Waals surface area (Å²) in [5.41, 5.74) is 4.37. The van der Waals surface area contributed by atoms with Gasteiger partial charge in [-0.15, -0.1) is 0 Å². The SMILES string of the molecule is Cc1cc(CN(Cc2ccc3c(c2)OCO3)C(=O)c2cc3ccccc3[nH]2)nn1C. The van der Waals surface area contributed by atoms with Gasteiger partial charge in [-0.3, -0.25) is 9.48 Å². The maximum Gasteiger partial charge on any atom is 0.270 e. The van der Waals surface area contributed by atoms with E-state index >= 15 is 0 Å². The minimum absolute atomic E-state index is 0.0767. The zero-order valence-electron chi connectivity index (χ0n) is 16.9. The lowest BCUT2D eigenvalue weighted by Crippen LogP contribution is -2.30. The number of aromatic nitrogens is 3. The molecule has 2 aromatic heterocycles. The van der Waals surface area contributed by atoms with Crippen LogP contribution in [0, 0.1) is 6.92 Å². The van der Waals surface area contributed by atoms with E-state index in [0.717, 1.165) is 33.6 Å². The number of amides is 1. The van der Waals surface area contributed by atoms with E-state index in [9.17, 15) is 4.79 Å². The third-order valence-corrected chi connectivity index (χ3v) is 5.38. The van der Waals surface area contributed by atoms with Crippen LogP contribution in [0.15, 0.2) is 54.6 Å². The maximum atomic E-state index is 13.5. The predicted octanol–water partition coefficient (Wildman–Crippen LogP) is 3.78. The van der Waals surface area contributed by atoms with Crippen molar-refractivity contribution in [3.63, 3.8) is 0 Å². The highest BCUT2D eigenvalue weighted by Gasteiger charge is 2.21. The van der Waals surface area contributed by atoms with Crippen molar-refractivity contribution in [2.75, 3.05) is 6.79 Å². The highest BCUT2D eigenvalue weighted by molar-refractivity contribution is 5.98. The molecular formula is C23H22N4O3. The van der Waals surface area contributed by atoms with Gasteiger partial charge in [0.15, 0.2) is 11.5 Å². The second-order valence-corrected chi connectivity index (χ2v) is 7.52. The summed E-state index contributed by atoms with van der Waals surface area (Å²) in [6.45, 7) is 3.06. The molecule has 7 heteroatoms. The van der Waals surface area contributed by atoms with Crippen LogP contribution in [0.25, 0.3) is 10.9 Å². The number of carbonyl (C=O) groups is 1. The molecule has 1 aliphatic rings. The van der Waals surface area contributed by atoms with Crippen LogP contribution in [-0.2, 0) is 20.1 Å². The van der Waals surface area contributed by atoms with Crippen LogP contribution >= 0.6 is 0 Å². The lowest BCUT2D eigenvalue weighted by atomic mass is 10.1. The van der Waals surface area contributed by atoms with E-state index in [1.807, 2.05) is 73.3 Å². The number of para-hydroxylation sites is 1. The van der Waals surface area contributed by atoms with Gasteiger partial charge in [0.2, 0.25) is 6.79 Å². The van der Waals surface area contributed by atoms with Gasteiger partial charge in [0.1, 0.15) is 5.69 Å². The van der Waals surface area contributed by atoms with Gasteiger partial charge < -0.3 is 19.4 Å². The number of aromatic amines is 1. The van der Waals surface area contributed by atoms with Gasteiger partial charge in [0.25, 0.3) is 5.91 Å². The molecule has 30 heavy (non-hydrogen) atoms. The molecule has 5 rings (SSSR count). The summed E-state index contributed by atoms with van der Waals surface area (Å²) in [5, 5.41) is 5.55. The second kappa shape index (κ2) is 7.26. The van der Waals surface area contributed by atoms with Crippen LogP contribution < -0.4 is 9.47 Å². The topological polar surface area (TPSA) is 72.4 Å². The summed E-state index contributed by atoms with van der Waals surface area (Å²) in [5.74, 6) is 1.36. The normalized spacial score (nSPS) is 12.5. The molecule has 0 bridgehead atoms. The number of nitrogens with zero attached hydrogens (tertiary/aromatic N) is 3. The Kier molecular flexibility index (Phi) is 4.43. The number of nitrogens with one attached hydrogen (secondary N) is 1. The number of carbonyl (C=O) groups excluding carboxylic acids is 1. The minimum atomic E-state index is -0.0767. The van der Waals surface area contributed by atoms with Gasteiger partial charge in [-0.05, 0) is 42.8 Å². The van der Waals surface area contributed by atoms with Gasteiger partial charge in [-0.1, -0.05) is 24.3 Å². The third kappa shape index (κ3) is 3.39. The molecule has 0 aliphatic carbocycles. The van der Waals surface area contributed by atoms with E-state index in [0.29, 0.717) is 24.5 Å². The van der Waals surface area contributed by atoms with Crippen molar-refractivity contribution in [3.8, 4) is 11.5 Å². The quantitative estimate of drug-likeness (QED) is 0.551. The summed E-state index contributed by atoms with van der Waals surface area (Å²) >= 11 is 0. The lowest BCUT2D eigenvalue weighted by Gasteiger charge is -2.21. The summed E-state index contributed by atoms with van der Waals surface area (Å²) in [6.07, 6.45) is 0. The summed E-state index contributed by atoms with van der Waals surface area (Å²) in [7, 11) is 1.90. The Morgan fingerprint density at radius 2 is 1.93 bits per heavy atom. The number of aryl methyl sites for hydroxylation is 2. The number of H-pyrrole nitrogens is 1. The number of benzene rings is 2. The van der Waals surface area contributed by atoms with E-state index in [1.165, 1.54) is 0 Å².